The summed E-state index contributed by atoms with van der Waals surface area (Å²) in [6.45, 7) is 0.608. The summed E-state index contributed by atoms with van der Waals surface area (Å²) in [5.74, 6) is 0.159. The van der Waals surface area contributed by atoms with Gasteiger partial charge in [-0.3, -0.25) is 4.79 Å². The van der Waals surface area contributed by atoms with Gasteiger partial charge in [-0.2, -0.15) is 0 Å². The number of hydrogen-bond donors (Lipinski definition) is 1. The monoisotopic (exact) mass is 344 g/mol. The molecule has 2 aromatic rings. The van der Waals surface area contributed by atoms with Crippen molar-refractivity contribution in [3.8, 4) is 0 Å². The van der Waals surface area contributed by atoms with E-state index in [4.69, 9.17) is 0 Å². The summed E-state index contributed by atoms with van der Waals surface area (Å²) in [7, 11) is 1.80. The predicted octanol–water partition coefficient (Wildman–Crippen LogP) is 3.16. The summed E-state index contributed by atoms with van der Waals surface area (Å²) in [6.07, 6.45) is 4.43. The highest BCUT2D eigenvalue weighted by molar-refractivity contribution is 7.09. The second kappa shape index (κ2) is 7.90. The minimum atomic E-state index is -0.267. The average molecular weight is 344 g/mol. The number of thiazole rings is 1. The van der Waals surface area contributed by atoms with Crippen LogP contribution >= 0.6 is 11.3 Å². The molecular weight excluding hydrogens is 320 g/mol. The molecule has 1 aromatic heterocycles. The fourth-order valence-electron chi connectivity index (χ4n) is 3.28. The fourth-order valence-corrected chi connectivity index (χ4v) is 4.05. The maximum absolute atomic E-state index is 12.5. The second-order valence-electron chi connectivity index (χ2n) is 6.56. The van der Waals surface area contributed by atoms with Crippen molar-refractivity contribution in [3.63, 3.8) is 0 Å². The Hall–Kier alpha value is -1.72. The number of carbonyl (C=O) groups is 1. The predicted molar refractivity (Wildman–Crippen MR) is 96.3 cm³/mol. The molecule has 1 aliphatic rings. The van der Waals surface area contributed by atoms with Crippen molar-refractivity contribution in [2.75, 3.05) is 13.6 Å². The number of benzene rings is 1. The molecule has 1 heterocycles. The number of nitrogens with zero attached hydrogens (tertiary/aromatic N) is 2. The SMILES string of the molecule is CN(CC1CCCC1O)C(=O)c1csc(CCc2ccccc2)n1. The van der Waals surface area contributed by atoms with E-state index >= 15 is 0 Å². The molecule has 1 aliphatic carbocycles. The Morgan fingerprint density at radius 3 is 2.79 bits per heavy atom. The van der Waals surface area contributed by atoms with Crippen LogP contribution in [0.4, 0.5) is 0 Å². The highest BCUT2D eigenvalue weighted by Gasteiger charge is 2.28. The lowest BCUT2D eigenvalue weighted by Gasteiger charge is -2.22. The molecule has 3 rings (SSSR count). The van der Waals surface area contributed by atoms with Gasteiger partial charge in [-0.1, -0.05) is 36.8 Å². The maximum Gasteiger partial charge on any atom is 0.273 e. The van der Waals surface area contributed by atoms with Crippen molar-refractivity contribution < 1.29 is 9.90 Å². The number of rotatable bonds is 6. The number of hydrogen-bond acceptors (Lipinski definition) is 4. The molecular formula is C19H24N2O2S. The molecule has 0 aliphatic heterocycles. The van der Waals surface area contributed by atoms with Crippen LogP contribution in [0, 0.1) is 5.92 Å². The number of aryl methyl sites for hydroxylation is 2. The van der Waals surface area contributed by atoms with Crippen molar-refractivity contribution in [1.82, 2.24) is 9.88 Å². The Bertz CT molecular complexity index is 671. The molecule has 0 bridgehead atoms. The minimum absolute atomic E-state index is 0.0451. The van der Waals surface area contributed by atoms with Crippen LogP contribution in [0.3, 0.4) is 0 Å². The molecule has 1 saturated carbocycles. The highest BCUT2D eigenvalue weighted by Crippen LogP contribution is 2.26. The lowest BCUT2D eigenvalue weighted by molar-refractivity contribution is 0.0689. The third-order valence-electron chi connectivity index (χ3n) is 4.72. The molecule has 5 heteroatoms. The summed E-state index contributed by atoms with van der Waals surface area (Å²) in [5.41, 5.74) is 1.81. The molecule has 0 radical (unpaired) electrons. The summed E-state index contributed by atoms with van der Waals surface area (Å²) >= 11 is 1.55. The average Bonchev–Trinajstić information content (AvgIpc) is 3.23. The van der Waals surface area contributed by atoms with Gasteiger partial charge in [0.2, 0.25) is 0 Å². The summed E-state index contributed by atoms with van der Waals surface area (Å²) in [4.78, 5) is 18.7. The van der Waals surface area contributed by atoms with Gasteiger partial charge in [0.15, 0.2) is 0 Å². The lowest BCUT2D eigenvalue weighted by atomic mass is 10.1. The van der Waals surface area contributed by atoms with Crippen molar-refractivity contribution in [1.29, 1.82) is 0 Å². The van der Waals surface area contributed by atoms with Gasteiger partial charge in [0.1, 0.15) is 5.69 Å². The largest absolute Gasteiger partial charge is 0.393 e. The zero-order valence-electron chi connectivity index (χ0n) is 14.0. The quantitative estimate of drug-likeness (QED) is 0.876. The first-order valence-electron chi connectivity index (χ1n) is 8.55. The van der Waals surface area contributed by atoms with Crippen LogP contribution < -0.4 is 0 Å². The van der Waals surface area contributed by atoms with Crippen molar-refractivity contribution in [3.05, 3.63) is 52.0 Å². The first-order valence-corrected chi connectivity index (χ1v) is 9.43. The molecule has 128 valence electrons. The Morgan fingerprint density at radius 1 is 1.29 bits per heavy atom. The van der Waals surface area contributed by atoms with E-state index in [2.05, 4.69) is 17.1 Å². The van der Waals surface area contributed by atoms with Crippen molar-refractivity contribution >= 4 is 17.2 Å². The van der Waals surface area contributed by atoms with Gasteiger partial charge in [0.05, 0.1) is 11.1 Å². The summed E-state index contributed by atoms with van der Waals surface area (Å²) in [5, 5.41) is 12.8. The van der Waals surface area contributed by atoms with Gasteiger partial charge in [-0.25, -0.2) is 4.98 Å². The number of amides is 1. The third kappa shape index (κ3) is 4.22. The van der Waals surface area contributed by atoms with Crippen LogP contribution in [0.15, 0.2) is 35.7 Å². The fraction of sp³-hybridized carbons (Fsp3) is 0.474. The molecule has 1 amide bonds. The van der Waals surface area contributed by atoms with Crippen molar-refractivity contribution in [2.45, 2.75) is 38.2 Å². The lowest BCUT2D eigenvalue weighted by Crippen LogP contribution is -2.34. The summed E-state index contributed by atoms with van der Waals surface area (Å²) < 4.78 is 0. The zero-order chi connectivity index (χ0) is 16.9. The van der Waals surface area contributed by atoms with Crippen LogP contribution in [-0.2, 0) is 12.8 Å². The van der Waals surface area contributed by atoms with Gasteiger partial charge in [0.25, 0.3) is 5.91 Å². The zero-order valence-corrected chi connectivity index (χ0v) is 14.8. The Morgan fingerprint density at radius 2 is 2.08 bits per heavy atom. The van der Waals surface area contributed by atoms with Gasteiger partial charge >= 0.3 is 0 Å². The highest BCUT2D eigenvalue weighted by atomic mass is 32.1. The Labute approximate surface area is 147 Å². The Balaban J connectivity index is 1.55. The van der Waals surface area contributed by atoms with E-state index in [9.17, 15) is 9.90 Å². The van der Waals surface area contributed by atoms with E-state index in [1.165, 1.54) is 5.56 Å². The normalized spacial score (nSPS) is 20.2. The second-order valence-corrected chi connectivity index (χ2v) is 7.50. The van der Waals surface area contributed by atoms with Gasteiger partial charge < -0.3 is 10.0 Å². The first-order chi connectivity index (χ1) is 11.6. The molecule has 0 saturated heterocycles. The van der Waals surface area contributed by atoms with Crippen LogP contribution in [-0.4, -0.2) is 40.6 Å². The van der Waals surface area contributed by atoms with Gasteiger partial charge in [-0.05, 0) is 24.8 Å². The number of aliphatic hydroxyl groups excluding tert-OH is 1. The van der Waals surface area contributed by atoms with E-state index in [-0.39, 0.29) is 17.9 Å². The molecule has 2 unspecified atom stereocenters. The van der Waals surface area contributed by atoms with E-state index < -0.39 is 0 Å². The van der Waals surface area contributed by atoms with E-state index in [1.807, 2.05) is 23.6 Å². The molecule has 1 fully saturated rings. The number of aliphatic hydroxyl groups is 1. The molecule has 24 heavy (non-hydrogen) atoms. The van der Waals surface area contributed by atoms with E-state index in [0.717, 1.165) is 37.1 Å². The maximum atomic E-state index is 12.5. The third-order valence-corrected chi connectivity index (χ3v) is 5.62. The van der Waals surface area contributed by atoms with Crippen LogP contribution in [0.2, 0.25) is 0 Å². The molecule has 4 nitrogen and oxygen atoms in total. The number of aromatic nitrogens is 1. The number of carbonyl (C=O) groups excluding carboxylic acids is 1. The first kappa shape index (κ1) is 17.1. The van der Waals surface area contributed by atoms with Gasteiger partial charge in [0, 0.05) is 31.3 Å². The van der Waals surface area contributed by atoms with E-state index in [0.29, 0.717) is 12.2 Å². The van der Waals surface area contributed by atoms with Crippen molar-refractivity contribution in [2.24, 2.45) is 5.92 Å². The minimum Gasteiger partial charge on any atom is -0.393 e. The van der Waals surface area contributed by atoms with Gasteiger partial charge in [-0.15, -0.1) is 11.3 Å². The van der Waals surface area contributed by atoms with Crippen LogP contribution in [0.1, 0.15) is 40.3 Å². The topological polar surface area (TPSA) is 53.4 Å². The summed E-state index contributed by atoms with van der Waals surface area (Å²) in [6, 6.07) is 10.3. The molecule has 0 spiro atoms. The van der Waals surface area contributed by atoms with E-state index in [1.54, 1.807) is 23.3 Å². The molecule has 2 atom stereocenters. The molecule has 1 N–H and O–H groups in total. The van der Waals surface area contributed by atoms with Crippen LogP contribution in [0.5, 0.6) is 0 Å². The Kier molecular flexibility index (Phi) is 5.63. The van der Waals surface area contributed by atoms with Crippen LogP contribution in [0.25, 0.3) is 0 Å². The standard InChI is InChI=1S/C19H24N2O2S/c1-21(12-15-8-5-9-17(15)22)19(23)16-13-24-18(20-16)11-10-14-6-3-2-4-7-14/h2-4,6-7,13,15,17,22H,5,8-12H2,1H3. The molecule has 1 aromatic carbocycles. The smallest absolute Gasteiger partial charge is 0.273 e.